The number of aliphatic carboxylic acids is 1. The molecule has 8 nitrogen and oxygen atoms in total. The average Bonchev–Trinajstić information content (AvgIpc) is 2.75. The minimum atomic E-state index is -1.02. The summed E-state index contributed by atoms with van der Waals surface area (Å²) in [5, 5.41) is 16.0. The van der Waals surface area contributed by atoms with Gasteiger partial charge in [0.2, 0.25) is 0 Å². The molecule has 0 spiro atoms. The second kappa shape index (κ2) is 5.35. The van der Waals surface area contributed by atoms with Crippen molar-refractivity contribution in [1.29, 1.82) is 0 Å². The summed E-state index contributed by atoms with van der Waals surface area (Å²) in [6, 6.07) is 0.107. The topological polar surface area (TPSA) is 91.6 Å². The van der Waals surface area contributed by atoms with E-state index in [4.69, 9.17) is 5.11 Å². The molecular weight excluding hydrogens is 250 g/mol. The molecule has 0 aliphatic carbocycles. The average molecular weight is 267 g/mol. The molecule has 8 heteroatoms. The molecule has 1 amide bonds. The number of hydrogen-bond acceptors (Lipinski definition) is 5. The van der Waals surface area contributed by atoms with Crippen molar-refractivity contribution in [1.82, 2.24) is 24.8 Å². The number of carboxylic acid groups (broad SMARTS) is 1. The van der Waals surface area contributed by atoms with Crippen LogP contribution in [0.3, 0.4) is 0 Å². The van der Waals surface area contributed by atoms with Crippen LogP contribution in [-0.2, 0) is 11.3 Å². The van der Waals surface area contributed by atoms with Crippen LogP contribution in [0.15, 0.2) is 6.20 Å². The second-order valence-electron chi connectivity index (χ2n) is 4.80. The summed E-state index contributed by atoms with van der Waals surface area (Å²) in [4.78, 5) is 26.7. The van der Waals surface area contributed by atoms with Crippen molar-refractivity contribution in [2.75, 3.05) is 26.7 Å². The zero-order valence-electron chi connectivity index (χ0n) is 11.0. The number of carbonyl (C=O) groups excluding carboxylic acids is 1. The first-order valence-electron chi connectivity index (χ1n) is 6.09. The van der Waals surface area contributed by atoms with Crippen LogP contribution < -0.4 is 0 Å². The van der Waals surface area contributed by atoms with E-state index in [9.17, 15) is 9.59 Å². The van der Waals surface area contributed by atoms with Gasteiger partial charge in [0.15, 0.2) is 5.69 Å². The van der Waals surface area contributed by atoms with Gasteiger partial charge in [-0.15, -0.1) is 5.10 Å². The van der Waals surface area contributed by atoms with Crippen molar-refractivity contribution in [2.45, 2.75) is 19.5 Å². The van der Waals surface area contributed by atoms with Crippen molar-refractivity contribution >= 4 is 11.9 Å². The van der Waals surface area contributed by atoms with E-state index in [1.807, 2.05) is 14.0 Å². The third-order valence-corrected chi connectivity index (χ3v) is 3.15. The molecule has 2 rings (SSSR count). The van der Waals surface area contributed by atoms with Crippen LogP contribution >= 0.6 is 0 Å². The smallest absolute Gasteiger partial charge is 0.325 e. The van der Waals surface area contributed by atoms with Crippen LogP contribution in [0.4, 0.5) is 0 Å². The first-order valence-corrected chi connectivity index (χ1v) is 6.09. The molecule has 1 aromatic heterocycles. The van der Waals surface area contributed by atoms with Gasteiger partial charge < -0.3 is 14.9 Å². The number of hydrogen-bond donors (Lipinski definition) is 1. The predicted molar refractivity (Wildman–Crippen MR) is 65.7 cm³/mol. The largest absolute Gasteiger partial charge is 0.480 e. The number of likely N-dealkylation sites (N-methyl/N-ethyl adjacent to an activating group) is 1. The maximum Gasteiger partial charge on any atom is 0.325 e. The first kappa shape index (κ1) is 13.5. The van der Waals surface area contributed by atoms with Gasteiger partial charge in [-0.1, -0.05) is 5.21 Å². The van der Waals surface area contributed by atoms with Crippen LogP contribution in [0.25, 0.3) is 0 Å². The zero-order chi connectivity index (χ0) is 14.0. The van der Waals surface area contributed by atoms with E-state index in [1.165, 1.54) is 6.20 Å². The first-order chi connectivity index (χ1) is 8.97. The van der Waals surface area contributed by atoms with E-state index in [-0.39, 0.29) is 24.2 Å². The molecule has 0 aromatic carbocycles. The van der Waals surface area contributed by atoms with E-state index >= 15 is 0 Å². The number of piperazine rings is 1. The molecule has 2 heterocycles. The second-order valence-corrected chi connectivity index (χ2v) is 4.80. The third-order valence-electron chi connectivity index (χ3n) is 3.15. The minimum Gasteiger partial charge on any atom is -0.480 e. The molecule has 1 saturated heterocycles. The van der Waals surface area contributed by atoms with Gasteiger partial charge in [-0.25, -0.2) is 4.68 Å². The number of amides is 1. The van der Waals surface area contributed by atoms with E-state index in [0.29, 0.717) is 6.54 Å². The van der Waals surface area contributed by atoms with Crippen LogP contribution in [-0.4, -0.2) is 74.5 Å². The van der Waals surface area contributed by atoms with Gasteiger partial charge >= 0.3 is 5.97 Å². The molecular formula is C11H17N5O3. The highest BCUT2D eigenvalue weighted by Crippen LogP contribution is 2.11. The van der Waals surface area contributed by atoms with Gasteiger partial charge in [0.1, 0.15) is 6.54 Å². The van der Waals surface area contributed by atoms with Gasteiger partial charge in [0, 0.05) is 25.7 Å². The lowest BCUT2D eigenvalue weighted by atomic mass is 10.2. The summed E-state index contributed by atoms with van der Waals surface area (Å²) >= 11 is 0. The monoisotopic (exact) mass is 267 g/mol. The van der Waals surface area contributed by atoms with Crippen molar-refractivity contribution in [3.8, 4) is 0 Å². The Hall–Kier alpha value is -1.96. The summed E-state index contributed by atoms with van der Waals surface area (Å²) in [7, 11) is 2.02. The highest BCUT2D eigenvalue weighted by atomic mass is 16.4. The lowest BCUT2D eigenvalue weighted by Crippen LogP contribution is -2.52. The van der Waals surface area contributed by atoms with Crippen molar-refractivity contribution in [2.24, 2.45) is 0 Å². The fourth-order valence-corrected chi connectivity index (χ4v) is 2.20. The maximum atomic E-state index is 12.3. The standard InChI is InChI=1S/C11H17N5O3/c1-8-5-14(2)3-4-16(8)11(19)9-6-15(13-12-9)7-10(17)18/h6,8H,3-5,7H2,1-2H3,(H,17,18). The van der Waals surface area contributed by atoms with E-state index in [0.717, 1.165) is 17.8 Å². The highest BCUT2D eigenvalue weighted by molar-refractivity contribution is 5.92. The Bertz CT molecular complexity index is 486. The molecule has 0 saturated carbocycles. The lowest BCUT2D eigenvalue weighted by Gasteiger charge is -2.37. The Morgan fingerprint density at radius 3 is 2.84 bits per heavy atom. The Morgan fingerprint density at radius 2 is 2.21 bits per heavy atom. The Balaban J connectivity index is 2.07. The molecule has 1 N–H and O–H groups in total. The van der Waals surface area contributed by atoms with E-state index in [1.54, 1.807) is 4.90 Å². The summed E-state index contributed by atoms with van der Waals surface area (Å²) in [6.45, 7) is 3.96. The molecule has 1 fully saturated rings. The highest BCUT2D eigenvalue weighted by Gasteiger charge is 2.28. The molecule has 1 aliphatic rings. The number of aromatic nitrogens is 3. The Morgan fingerprint density at radius 1 is 1.47 bits per heavy atom. The van der Waals surface area contributed by atoms with Crippen LogP contribution in [0.1, 0.15) is 17.4 Å². The molecule has 0 bridgehead atoms. The van der Waals surface area contributed by atoms with E-state index in [2.05, 4.69) is 15.2 Å². The van der Waals surface area contributed by atoms with E-state index < -0.39 is 5.97 Å². The molecule has 1 atom stereocenters. The van der Waals surface area contributed by atoms with Crippen molar-refractivity contribution in [3.05, 3.63) is 11.9 Å². The normalized spacial score (nSPS) is 20.5. The Kier molecular flexibility index (Phi) is 3.79. The van der Waals surface area contributed by atoms with Crippen LogP contribution in [0.5, 0.6) is 0 Å². The molecule has 1 aliphatic heterocycles. The third kappa shape index (κ3) is 3.08. The molecule has 1 unspecified atom stereocenters. The van der Waals surface area contributed by atoms with Gasteiger partial charge in [-0.2, -0.15) is 0 Å². The Labute approximate surface area is 110 Å². The summed E-state index contributed by atoms with van der Waals surface area (Å²) < 4.78 is 1.15. The molecule has 1 aromatic rings. The summed E-state index contributed by atoms with van der Waals surface area (Å²) in [5.74, 6) is -1.21. The van der Waals surface area contributed by atoms with Gasteiger partial charge in [0.25, 0.3) is 5.91 Å². The fourth-order valence-electron chi connectivity index (χ4n) is 2.20. The quantitative estimate of drug-likeness (QED) is 0.766. The lowest BCUT2D eigenvalue weighted by molar-refractivity contribution is -0.137. The number of nitrogens with zero attached hydrogens (tertiary/aromatic N) is 5. The molecule has 104 valence electrons. The maximum absolute atomic E-state index is 12.3. The predicted octanol–water partition coefficient (Wildman–Crippen LogP) is -0.861. The molecule has 19 heavy (non-hydrogen) atoms. The van der Waals surface area contributed by atoms with Gasteiger partial charge in [-0.05, 0) is 14.0 Å². The fraction of sp³-hybridized carbons (Fsp3) is 0.636. The van der Waals surface area contributed by atoms with Crippen molar-refractivity contribution in [3.63, 3.8) is 0 Å². The van der Waals surface area contributed by atoms with Crippen LogP contribution in [0.2, 0.25) is 0 Å². The number of carbonyl (C=O) groups is 2. The summed E-state index contributed by atoms with van der Waals surface area (Å²) in [5.41, 5.74) is 0.192. The number of rotatable bonds is 3. The molecule has 0 radical (unpaired) electrons. The minimum absolute atomic E-state index is 0.107. The van der Waals surface area contributed by atoms with Gasteiger partial charge in [-0.3, -0.25) is 9.59 Å². The SMILES string of the molecule is CC1CN(C)CCN1C(=O)c1cn(CC(=O)O)nn1. The number of carboxylic acids is 1. The van der Waals surface area contributed by atoms with Crippen molar-refractivity contribution < 1.29 is 14.7 Å². The van der Waals surface area contributed by atoms with Crippen LogP contribution in [0, 0.1) is 0 Å². The summed E-state index contributed by atoms with van der Waals surface area (Å²) in [6.07, 6.45) is 1.38. The zero-order valence-corrected chi connectivity index (χ0v) is 11.0. The van der Waals surface area contributed by atoms with Gasteiger partial charge in [0.05, 0.1) is 6.20 Å².